The molecule has 3 aliphatic rings. The van der Waals surface area contributed by atoms with Gasteiger partial charge in [0, 0.05) is 24.2 Å². The second-order valence-electron chi connectivity index (χ2n) is 6.74. The van der Waals surface area contributed by atoms with Crippen LogP contribution in [0.3, 0.4) is 0 Å². The van der Waals surface area contributed by atoms with Crippen LogP contribution in [0.1, 0.15) is 47.2 Å². The number of fused-ring (bicyclic) bond motifs is 1. The molecular weight excluding hydrogens is 297 g/mol. The van der Waals surface area contributed by atoms with Crippen LogP contribution in [0.25, 0.3) is 0 Å². The second-order valence-corrected chi connectivity index (χ2v) is 6.74. The maximum atomic E-state index is 13.5. The Bertz CT molecular complexity index is 579. The Hall–Kier alpha value is -1.50. The maximum Gasteiger partial charge on any atom is 0.274 e. The van der Waals surface area contributed by atoms with Gasteiger partial charge in [0.15, 0.2) is 0 Å². The van der Waals surface area contributed by atoms with Gasteiger partial charge in [0.25, 0.3) is 5.91 Å². The van der Waals surface area contributed by atoms with Gasteiger partial charge >= 0.3 is 0 Å². The Morgan fingerprint density at radius 2 is 2.04 bits per heavy atom. The highest BCUT2D eigenvalue weighted by molar-refractivity contribution is 5.93. The standard InChI is InChI=1S/C10H11FN2O2.C7H13N/c11-9-4-7(10(14)13-15)3-6-1-2-12-5-8(6)9;1-2-7(3-1)4-5-8-6-7/h3-4,12,15H,1-2,5H2,(H,13,14);8H,1-6H2. The maximum absolute atomic E-state index is 13.5. The highest BCUT2D eigenvalue weighted by atomic mass is 19.1. The van der Waals surface area contributed by atoms with E-state index in [0.717, 1.165) is 23.6 Å². The van der Waals surface area contributed by atoms with Crippen molar-refractivity contribution < 1.29 is 14.4 Å². The number of carbonyl (C=O) groups is 1. The number of halogens is 1. The molecule has 1 aromatic rings. The highest BCUT2D eigenvalue weighted by Gasteiger charge is 2.38. The monoisotopic (exact) mass is 321 g/mol. The van der Waals surface area contributed by atoms with E-state index < -0.39 is 11.7 Å². The Morgan fingerprint density at radius 1 is 1.22 bits per heavy atom. The van der Waals surface area contributed by atoms with Gasteiger partial charge in [0.1, 0.15) is 5.82 Å². The van der Waals surface area contributed by atoms with E-state index in [2.05, 4.69) is 10.6 Å². The average molecular weight is 321 g/mol. The van der Waals surface area contributed by atoms with Crippen LogP contribution in [-0.2, 0) is 13.0 Å². The van der Waals surface area contributed by atoms with Crippen molar-refractivity contribution in [2.75, 3.05) is 19.6 Å². The summed E-state index contributed by atoms with van der Waals surface area (Å²) >= 11 is 0. The van der Waals surface area contributed by atoms with Gasteiger partial charge in [0.05, 0.1) is 0 Å². The van der Waals surface area contributed by atoms with Gasteiger partial charge in [-0.05, 0) is 61.9 Å². The largest absolute Gasteiger partial charge is 0.316 e. The van der Waals surface area contributed by atoms with Crippen LogP contribution in [0, 0.1) is 11.2 Å². The lowest BCUT2D eigenvalue weighted by molar-refractivity contribution is 0.0705. The molecule has 1 aliphatic carbocycles. The summed E-state index contributed by atoms with van der Waals surface area (Å²) in [4.78, 5) is 11.1. The fourth-order valence-corrected chi connectivity index (χ4v) is 3.65. The number of hydrogen-bond donors (Lipinski definition) is 4. The van der Waals surface area contributed by atoms with Gasteiger partial charge in [0.2, 0.25) is 0 Å². The van der Waals surface area contributed by atoms with E-state index in [1.807, 2.05) is 0 Å². The molecule has 0 unspecified atom stereocenters. The van der Waals surface area contributed by atoms with Crippen LogP contribution < -0.4 is 16.1 Å². The molecule has 2 aliphatic heterocycles. The SMILES string of the molecule is C1CC2(C1)CCNC2.O=C(NO)c1cc(F)c2c(c1)CCNC2. The number of hydroxylamine groups is 1. The number of benzene rings is 1. The van der Waals surface area contributed by atoms with Gasteiger partial charge in [-0.3, -0.25) is 10.0 Å². The molecule has 4 rings (SSSR count). The van der Waals surface area contributed by atoms with Crippen LogP contribution in [0.2, 0.25) is 0 Å². The summed E-state index contributed by atoms with van der Waals surface area (Å²) in [7, 11) is 0. The first-order valence-corrected chi connectivity index (χ1v) is 8.31. The molecule has 2 fully saturated rings. The van der Waals surface area contributed by atoms with Gasteiger partial charge in [-0.25, -0.2) is 9.87 Å². The quantitative estimate of drug-likeness (QED) is 0.470. The smallest absolute Gasteiger partial charge is 0.274 e. The zero-order valence-electron chi connectivity index (χ0n) is 13.3. The van der Waals surface area contributed by atoms with E-state index in [4.69, 9.17) is 5.21 Å². The van der Waals surface area contributed by atoms with Crippen molar-refractivity contribution in [2.24, 2.45) is 5.41 Å². The van der Waals surface area contributed by atoms with Crippen molar-refractivity contribution in [3.05, 3.63) is 34.6 Å². The summed E-state index contributed by atoms with van der Waals surface area (Å²) in [5.74, 6) is -1.09. The number of hydrogen-bond acceptors (Lipinski definition) is 4. The van der Waals surface area contributed by atoms with Crippen LogP contribution in [0.5, 0.6) is 0 Å². The molecule has 0 radical (unpaired) electrons. The molecule has 1 saturated carbocycles. The van der Waals surface area contributed by atoms with E-state index in [1.165, 1.54) is 44.3 Å². The van der Waals surface area contributed by atoms with E-state index in [1.54, 1.807) is 6.07 Å². The number of amides is 1. The van der Waals surface area contributed by atoms with Crippen LogP contribution in [0.15, 0.2) is 12.1 Å². The summed E-state index contributed by atoms with van der Waals surface area (Å²) in [6.07, 6.45) is 6.63. The molecule has 5 nitrogen and oxygen atoms in total. The molecule has 4 N–H and O–H groups in total. The van der Waals surface area contributed by atoms with Crippen molar-refractivity contribution in [2.45, 2.75) is 38.6 Å². The zero-order valence-corrected chi connectivity index (χ0v) is 13.3. The van der Waals surface area contributed by atoms with Gasteiger partial charge in [-0.1, -0.05) is 6.42 Å². The summed E-state index contributed by atoms with van der Waals surface area (Å²) < 4.78 is 13.5. The highest BCUT2D eigenvalue weighted by Crippen LogP contribution is 2.45. The predicted molar refractivity (Wildman–Crippen MR) is 84.8 cm³/mol. The molecule has 2 heterocycles. The van der Waals surface area contributed by atoms with Crippen molar-refractivity contribution in [3.63, 3.8) is 0 Å². The van der Waals surface area contributed by atoms with Gasteiger partial charge in [-0.15, -0.1) is 0 Å². The Labute approximate surface area is 135 Å². The molecule has 1 saturated heterocycles. The average Bonchev–Trinajstić information content (AvgIpc) is 3.05. The Morgan fingerprint density at radius 3 is 2.61 bits per heavy atom. The molecule has 0 bridgehead atoms. The predicted octanol–water partition coefficient (Wildman–Crippen LogP) is 1.74. The number of rotatable bonds is 1. The summed E-state index contributed by atoms with van der Waals surface area (Å²) in [5.41, 5.74) is 3.88. The van der Waals surface area contributed by atoms with Gasteiger partial charge in [-0.2, -0.15) is 0 Å². The molecule has 6 heteroatoms. The topological polar surface area (TPSA) is 73.4 Å². The molecule has 23 heavy (non-hydrogen) atoms. The van der Waals surface area contributed by atoms with Crippen LogP contribution >= 0.6 is 0 Å². The number of nitrogens with one attached hydrogen (secondary N) is 3. The normalized spacial score (nSPS) is 21.0. The first-order valence-electron chi connectivity index (χ1n) is 8.31. The molecule has 0 atom stereocenters. The van der Waals surface area contributed by atoms with E-state index in [9.17, 15) is 9.18 Å². The van der Waals surface area contributed by atoms with Crippen molar-refractivity contribution in [1.82, 2.24) is 16.1 Å². The molecular formula is C17H24FN3O2. The van der Waals surface area contributed by atoms with Crippen LogP contribution in [0.4, 0.5) is 4.39 Å². The first-order chi connectivity index (χ1) is 11.1. The molecule has 1 amide bonds. The van der Waals surface area contributed by atoms with E-state index in [-0.39, 0.29) is 5.56 Å². The first kappa shape index (κ1) is 16.4. The number of carbonyl (C=O) groups excluding carboxylic acids is 1. The summed E-state index contributed by atoms with van der Waals surface area (Å²) in [5, 5.41) is 14.9. The third kappa shape index (κ3) is 3.54. The van der Waals surface area contributed by atoms with Gasteiger partial charge < -0.3 is 10.6 Å². The lowest BCUT2D eigenvalue weighted by Crippen LogP contribution is -2.31. The van der Waals surface area contributed by atoms with Crippen LogP contribution in [-0.4, -0.2) is 30.7 Å². The fraction of sp³-hybridized carbons (Fsp3) is 0.588. The molecule has 1 spiro atoms. The third-order valence-corrected chi connectivity index (χ3v) is 5.27. The Balaban J connectivity index is 0.000000162. The zero-order chi connectivity index (χ0) is 16.3. The van der Waals surface area contributed by atoms with E-state index >= 15 is 0 Å². The lowest BCUT2D eigenvalue weighted by Gasteiger charge is -2.37. The second kappa shape index (κ2) is 6.95. The minimum Gasteiger partial charge on any atom is -0.316 e. The van der Waals surface area contributed by atoms with Crippen molar-refractivity contribution >= 4 is 5.91 Å². The lowest BCUT2D eigenvalue weighted by atomic mass is 9.68. The summed E-state index contributed by atoms with van der Waals surface area (Å²) in [6.45, 7) is 3.85. The Kier molecular flexibility index (Phi) is 4.94. The summed E-state index contributed by atoms with van der Waals surface area (Å²) in [6, 6.07) is 2.75. The van der Waals surface area contributed by atoms with E-state index in [0.29, 0.717) is 18.5 Å². The minimum absolute atomic E-state index is 0.149. The van der Waals surface area contributed by atoms with Crippen molar-refractivity contribution in [1.29, 1.82) is 0 Å². The molecule has 126 valence electrons. The van der Waals surface area contributed by atoms with Crippen molar-refractivity contribution in [3.8, 4) is 0 Å². The fourth-order valence-electron chi connectivity index (χ4n) is 3.65. The molecule has 0 aromatic heterocycles. The minimum atomic E-state index is -0.685. The third-order valence-electron chi connectivity index (χ3n) is 5.27. The molecule has 1 aromatic carbocycles.